The van der Waals surface area contributed by atoms with Crippen LogP contribution in [0.2, 0.25) is 0 Å². The average molecular weight is 858 g/mol. The zero-order valence-corrected chi connectivity index (χ0v) is 36.8. The molecule has 3 fully saturated rings. The molecule has 0 unspecified atom stereocenters. The summed E-state index contributed by atoms with van der Waals surface area (Å²) in [6.45, 7) is 5.07. The smallest absolute Gasteiger partial charge is 0.220 e. The number of benzene rings is 4. The normalized spacial score (nSPS) is 30.7. The predicted molar refractivity (Wildman–Crippen MR) is 226 cm³/mol. The van der Waals surface area contributed by atoms with Crippen molar-refractivity contribution in [3.63, 3.8) is 0 Å². The maximum absolute atomic E-state index is 14.8. The maximum atomic E-state index is 14.8. The van der Waals surface area contributed by atoms with Gasteiger partial charge in [0.15, 0.2) is 6.29 Å². The summed E-state index contributed by atoms with van der Waals surface area (Å²) >= 11 is 0. The van der Waals surface area contributed by atoms with Crippen LogP contribution in [0, 0.1) is 11.8 Å². The first-order valence-electron chi connectivity index (χ1n) is 21.2. The van der Waals surface area contributed by atoms with Gasteiger partial charge in [-0.25, -0.2) is 0 Å². The van der Waals surface area contributed by atoms with E-state index in [1.165, 1.54) is 14.2 Å². The van der Waals surface area contributed by atoms with E-state index >= 15 is 0 Å². The van der Waals surface area contributed by atoms with Crippen LogP contribution < -0.4 is 19.3 Å². The third-order valence-electron chi connectivity index (χ3n) is 12.6. The summed E-state index contributed by atoms with van der Waals surface area (Å²) < 4.78 is 74.3. The van der Waals surface area contributed by atoms with Gasteiger partial charge in [0.25, 0.3) is 0 Å². The highest BCUT2D eigenvalue weighted by Crippen LogP contribution is 2.46. The minimum Gasteiger partial charge on any atom is -0.848 e. The fourth-order valence-electron chi connectivity index (χ4n) is 8.63. The Hall–Kier alpha value is -4.12. The highest BCUT2D eigenvalue weighted by Gasteiger charge is 2.61. The van der Waals surface area contributed by atoms with Gasteiger partial charge >= 0.3 is 0 Å². The molecule has 2 saturated heterocycles. The minimum atomic E-state index is -1.40. The first-order valence-corrected chi connectivity index (χ1v) is 21.2. The van der Waals surface area contributed by atoms with E-state index in [4.69, 9.17) is 56.8 Å². The van der Waals surface area contributed by atoms with Crippen LogP contribution in [0.3, 0.4) is 0 Å². The maximum Gasteiger partial charge on any atom is 0.220 e. The molecule has 4 aromatic carbocycles. The van der Waals surface area contributed by atoms with Gasteiger partial charge in [-0.1, -0.05) is 72.8 Å². The summed E-state index contributed by atoms with van der Waals surface area (Å²) in [6, 6.07) is 33.2. The zero-order chi connectivity index (χ0) is 43.7. The van der Waals surface area contributed by atoms with Gasteiger partial charge in [0, 0.05) is 20.1 Å². The van der Waals surface area contributed by atoms with Crippen LogP contribution in [0.15, 0.2) is 103 Å². The van der Waals surface area contributed by atoms with Gasteiger partial charge in [-0.2, -0.15) is 0 Å². The molecule has 336 valence electrons. The van der Waals surface area contributed by atoms with E-state index in [2.05, 4.69) is 0 Å². The second kappa shape index (κ2) is 21.0. The van der Waals surface area contributed by atoms with Crippen molar-refractivity contribution in [2.24, 2.45) is 11.8 Å². The van der Waals surface area contributed by atoms with Crippen molar-refractivity contribution < 1.29 is 61.9 Å². The molecule has 1 aliphatic carbocycles. The molecule has 62 heavy (non-hydrogen) atoms. The van der Waals surface area contributed by atoms with Gasteiger partial charge in [0.2, 0.25) is 11.6 Å². The Labute approximate surface area is 365 Å². The SMILES string of the molecule is COc1ccc(COC[C@H]2[C@H](C[C@H]3O[C@@H](OCc4ccccc4)[C@@H]4O[C@@](C)(OC)[C@](C)(OC)O[C@H]4[C@H]3[O-])C[C@@H](OCc3ccc(OC)cc3)[C@@H]2OCc2ccc(OC)cc2)cc1. The quantitative estimate of drug-likeness (QED) is 0.0946. The molecule has 2 heterocycles. The predicted octanol–water partition coefficient (Wildman–Crippen LogP) is 6.61. The fourth-order valence-corrected chi connectivity index (χ4v) is 8.63. The van der Waals surface area contributed by atoms with Crippen molar-refractivity contribution in [1.82, 2.24) is 0 Å². The van der Waals surface area contributed by atoms with Crippen molar-refractivity contribution in [3.05, 3.63) is 125 Å². The molecule has 2 aliphatic heterocycles. The molecule has 0 amide bonds. The molecule has 7 rings (SSSR count). The minimum absolute atomic E-state index is 0.122. The van der Waals surface area contributed by atoms with E-state index < -0.39 is 48.4 Å². The number of rotatable bonds is 20. The molecule has 0 radical (unpaired) electrons. The second-order valence-corrected chi connectivity index (χ2v) is 16.3. The molecule has 1 saturated carbocycles. The zero-order valence-electron chi connectivity index (χ0n) is 36.8. The van der Waals surface area contributed by atoms with Gasteiger partial charge in [0.1, 0.15) is 23.4 Å². The summed E-state index contributed by atoms with van der Waals surface area (Å²) in [7, 11) is 7.96. The van der Waals surface area contributed by atoms with Crippen LogP contribution >= 0.6 is 0 Å². The lowest BCUT2D eigenvalue weighted by atomic mass is 9.85. The van der Waals surface area contributed by atoms with Crippen LogP contribution in [0.5, 0.6) is 17.2 Å². The van der Waals surface area contributed by atoms with Crippen LogP contribution in [-0.4, -0.2) is 96.6 Å². The summed E-state index contributed by atoms with van der Waals surface area (Å²) in [4.78, 5) is 0. The van der Waals surface area contributed by atoms with Crippen molar-refractivity contribution in [1.29, 1.82) is 0 Å². The van der Waals surface area contributed by atoms with E-state index in [1.807, 2.05) is 103 Å². The first-order chi connectivity index (χ1) is 30.1. The van der Waals surface area contributed by atoms with Crippen molar-refractivity contribution >= 4 is 0 Å². The van der Waals surface area contributed by atoms with Gasteiger partial charge in [0.05, 0.1) is 78.8 Å². The first kappa shape index (κ1) is 45.9. The molecule has 0 bridgehead atoms. The summed E-state index contributed by atoms with van der Waals surface area (Å²) in [5.74, 6) is -0.777. The molecule has 4 aromatic rings. The van der Waals surface area contributed by atoms with E-state index in [-0.39, 0.29) is 24.5 Å². The second-order valence-electron chi connectivity index (χ2n) is 16.3. The molecular weight excluding hydrogens is 797 g/mol. The Morgan fingerprint density at radius 3 is 1.60 bits per heavy atom. The number of fused-ring (bicyclic) bond motifs is 1. The Morgan fingerprint density at radius 1 is 0.581 bits per heavy atom. The highest BCUT2D eigenvalue weighted by atomic mass is 16.8. The lowest BCUT2D eigenvalue weighted by Crippen LogP contribution is -2.74. The van der Waals surface area contributed by atoms with Crippen LogP contribution in [0.25, 0.3) is 0 Å². The molecule has 3 aliphatic rings. The summed E-state index contributed by atoms with van der Waals surface area (Å²) in [5, 5.41) is 14.8. The molecular formula is C49H61O13-. The van der Waals surface area contributed by atoms with Crippen LogP contribution in [0.4, 0.5) is 0 Å². The van der Waals surface area contributed by atoms with Crippen LogP contribution in [-0.2, 0) is 69.1 Å². The Kier molecular flexibility index (Phi) is 15.6. The topological polar surface area (TPSA) is 134 Å². The highest BCUT2D eigenvalue weighted by molar-refractivity contribution is 5.28. The van der Waals surface area contributed by atoms with E-state index in [0.29, 0.717) is 39.3 Å². The fraction of sp³-hybridized carbons (Fsp3) is 0.510. The molecule has 13 heteroatoms. The van der Waals surface area contributed by atoms with E-state index in [9.17, 15) is 5.11 Å². The number of ether oxygens (including phenoxy) is 12. The molecule has 11 atom stereocenters. The largest absolute Gasteiger partial charge is 0.848 e. The number of methoxy groups -OCH3 is 5. The lowest BCUT2D eigenvalue weighted by molar-refractivity contribution is -0.543. The Balaban J connectivity index is 1.17. The molecule has 13 nitrogen and oxygen atoms in total. The Bertz CT molecular complexity index is 1950. The molecule has 0 spiro atoms. The molecule has 0 aromatic heterocycles. The van der Waals surface area contributed by atoms with E-state index in [1.54, 1.807) is 35.2 Å². The third kappa shape index (κ3) is 10.6. The van der Waals surface area contributed by atoms with Crippen LogP contribution in [0.1, 0.15) is 48.9 Å². The lowest BCUT2D eigenvalue weighted by Gasteiger charge is -2.59. The van der Waals surface area contributed by atoms with Crippen molar-refractivity contribution in [3.8, 4) is 17.2 Å². The Morgan fingerprint density at radius 2 is 1.06 bits per heavy atom. The average Bonchev–Trinajstić information content (AvgIpc) is 3.64. The van der Waals surface area contributed by atoms with Gasteiger partial charge in [-0.15, -0.1) is 0 Å². The monoisotopic (exact) mass is 857 g/mol. The van der Waals surface area contributed by atoms with Gasteiger partial charge < -0.3 is 61.9 Å². The standard InChI is InChI=1S/C49H61O13/c1-48(54-6)49(2,55-7)62-46-45(61-48)43(50)41(60-47(46)59-30-32-11-9-8-10-12-32)25-36-26-42(57-28-34-15-21-38(52-4)22-16-34)44(58-29-35-17-23-39(53-5)24-18-35)40(36)31-56-27-33-13-19-37(51-3)20-14-33/h8-24,36,40-47H,25-31H2,1-7H3/q-1/t36-,40+,41-,42-,43+,44-,45+,46-,47-,48-,49-/m1/s1. The molecule has 0 N–H and O–H groups in total. The van der Waals surface area contributed by atoms with Gasteiger partial charge in [-0.3, -0.25) is 0 Å². The van der Waals surface area contributed by atoms with Gasteiger partial charge in [-0.05, 0) is 91.3 Å². The number of hydrogen-bond donors (Lipinski definition) is 0. The van der Waals surface area contributed by atoms with Crippen molar-refractivity contribution in [2.45, 2.75) is 108 Å². The number of hydrogen-bond acceptors (Lipinski definition) is 13. The summed E-state index contributed by atoms with van der Waals surface area (Å²) in [5.41, 5.74) is 3.93. The van der Waals surface area contributed by atoms with Crippen molar-refractivity contribution in [2.75, 3.05) is 42.2 Å². The van der Waals surface area contributed by atoms with E-state index in [0.717, 1.165) is 39.5 Å². The third-order valence-corrected chi connectivity index (χ3v) is 12.6. The summed E-state index contributed by atoms with van der Waals surface area (Å²) in [6.07, 6.45) is -4.84.